The quantitative estimate of drug-likeness (QED) is 0.371. The van der Waals surface area contributed by atoms with Crippen LogP contribution in [0, 0.1) is 5.41 Å². The number of hydrogen-bond acceptors (Lipinski definition) is 6. The standard InChI is InChI=1S/C30H36N6O2/c1-2-38-24-12-13-26-23(18-24)19-25(29(37)31-26)27(35-17-9-16-30(21-35)14-7-4-8-15-30)28-32-33-34-36(28)20-22-10-5-3-6-11-22/h3,5-6,10-13,18-19,27H,2,4,7-9,14-17,20-21H2,1H3,(H,31,37)/t27-/m1/s1. The molecule has 1 spiro atoms. The highest BCUT2D eigenvalue weighted by Gasteiger charge is 2.41. The van der Waals surface area contributed by atoms with Gasteiger partial charge in [0.1, 0.15) is 11.8 Å². The van der Waals surface area contributed by atoms with E-state index in [0.717, 1.165) is 41.7 Å². The summed E-state index contributed by atoms with van der Waals surface area (Å²) >= 11 is 0. The smallest absolute Gasteiger partial charge is 0.253 e. The summed E-state index contributed by atoms with van der Waals surface area (Å²) in [5.74, 6) is 1.51. The molecule has 198 valence electrons. The van der Waals surface area contributed by atoms with Crippen LogP contribution < -0.4 is 10.3 Å². The zero-order chi connectivity index (χ0) is 26.0. The van der Waals surface area contributed by atoms with Crippen molar-refractivity contribution in [3.8, 4) is 5.75 Å². The van der Waals surface area contributed by atoms with Crippen molar-refractivity contribution < 1.29 is 4.74 Å². The molecule has 1 aliphatic heterocycles. The number of H-pyrrole nitrogens is 1. The van der Waals surface area contributed by atoms with Gasteiger partial charge in [0, 0.05) is 23.0 Å². The maximum atomic E-state index is 13.7. The number of rotatable bonds is 7. The first-order valence-electron chi connectivity index (χ1n) is 14.0. The lowest BCUT2D eigenvalue weighted by molar-refractivity contribution is 0.0340. The summed E-state index contributed by atoms with van der Waals surface area (Å²) in [5, 5.41) is 14.0. The van der Waals surface area contributed by atoms with Gasteiger partial charge in [-0.1, -0.05) is 49.6 Å². The molecule has 1 atom stereocenters. The van der Waals surface area contributed by atoms with Crippen molar-refractivity contribution in [3.05, 3.63) is 81.9 Å². The number of nitrogens with one attached hydrogen (secondary N) is 1. The second-order valence-corrected chi connectivity index (χ2v) is 11.0. The van der Waals surface area contributed by atoms with Crippen molar-refractivity contribution in [2.45, 2.75) is 64.5 Å². The predicted molar refractivity (Wildman–Crippen MR) is 147 cm³/mol. The molecule has 38 heavy (non-hydrogen) atoms. The molecule has 4 aromatic rings. The molecule has 8 nitrogen and oxygen atoms in total. The highest BCUT2D eigenvalue weighted by molar-refractivity contribution is 5.80. The van der Waals surface area contributed by atoms with E-state index in [1.807, 2.05) is 54.1 Å². The highest BCUT2D eigenvalue weighted by atomic mass is 16.5. The minimum atomic E-state index is -0.336. The first kappa shape index (κ1) is 24.8. The number of hydrogen-bond donors (Lipinski definition) is 1. The van der Waals surface area contributed by atoms with Crippen LogP contribution >= 0.6 is 0 Å². The fourth-order valence-corrected chi connectivity index (χ4v) is 6.61. The second-order valence-electron chi connectivity index (χ2n) is 11.0. The third kappa shape index (κ3) is 4.97. The second kappa shape index (κ2) is 10.7. The molecule has 1 saturated carbocycles. The van der Waals surface area contributed by atoms with Gasteiger partial charge in [-0.3, -0.25) is 9.69 Å². The summed E-state index contributed by atoms with van der Waals surface area (Å²) in [6, 6.07) is 17.7. The third-order valence-electron chi connectivity index (χ3n) is 8.40. The van der Waals surface area contributed by atoms with Crippen molar-refractivity contribution in [1.29, 1.82) is 0 Å². The van der Waals surface area contributed by atoms with Crippen LogP contribution in [-0.4, -0.2) is 49.8 Å². The van der Waals surface area contributed by atoms with Crippen LogP contribution in [0.3, 0.4) is 0 Å². The maximum Gasteiger partial charge on any atom is 0.253 e. The Morgan fingerprint density at radius 2 is 1.84 bits per heavy atom. The van der Waals surface area contributed by atoms with E-state index in [2.05, 4.69) is 37.5 Å². The van der Waals surface area contributed by atoms with Crippen molar-refractivity contribution in [2.75, 3.05) is 19.7 Å². The van der Waals surface area contributed by atoms with Crippen molar-refractivity contribution in [2.24, 2.45) is 5.41 Å². The number of benzene rings is 2. The van der Waals surface area contributed by atoms with Gasteiger partial charge in [-0.2, -0.15) is 0 Å². The largest absolute Gasteiger partial charge is 0.494 e. The molecule has 8 heteroatoms. The van der Waals surface area contributed by atoms with Gasteiger partial charge in [0.25, 0.3) is 5.56 Å². The summed E-state index contributed by atoms with van der Waals surface area (Å²) in [6.45, 7) is 5.00. The number of fused-ring (bicyclic) bond motifs is 1. The predicted octanol–water partition coefficient (Wildman–Crippen LogP) is 5.10. The average Bonchev–Trinajstić information content (AvgIpc) is 3.38. The van der Waals surface area contributed by atoms with Gasteiger partial charge in [-0.25, -0.2) is 4.68 Å². The molecule has 2 aliphatic rings. The number of tetrazole rings is 1. The fraction of sp³-hybridized carbons (Fsp3) is 0.467. The Morgan fingerprint density at radius 3 is 2.66 bits per heavy atom. The van der Waals surface area contributed by atoms with Crippen LogP contribution in [0.2, 0.25) is 0 Å². The van der Waals surface area contributed by atoms with E-state index in [9.17, 15) is 4.79 Å². The van der Waals surface area contributed by atoms with Gasteiger partial charge in [0.2, 0.25) is 0 Å². The molecule has 0 bridgehead atoms. The number of pyridine rings is 1. The number of nitrogens with zero attached hydrogens (tertiary/aromatic N) is 5. The molecule has 2 aromatic carbocycles. The number of aromatic nitrogens is 5. The Bertz CT molecular complexity index is 1430. The summed E-state index contributed by atoms with van der Waals surface area (Å²) in [4.78, 5) is 19.3. The SMILES string of the molecule is CCOc1ccc2[nH]c(=O)c([C@H](c3nnnn3Cc3ccccc3)N3CCCC4(CCCCC4)C3)cc2c1. The van der Waals surface area contributed by atoms with Crippen LogP contribution in [0.25, 0.3) is 10.9 Å². The van der Waals surface area contributed by atoms with Crippen LogP contribution in [0.15, 0.2) is 59.4 Å². The first-order valence-corrected chi connectivity index (χ1v) is 14.0. The topological polar surface area (TPSA) is 88.9 Å². The molecule has 0 amide bonds. The van der Waals surface area contributed by atoms with E-state index < -0.39 is 0 Å². The molecule has 3 heterocycles. The minimum Gasteiger partial charge on any atom is -0.494 e. The molecule has 2 aromatic heterocycles. The molecular weight excluding hydrogens is 476 g/mol. The summed E-state index contributed by atoms with van der Waals surface area (Å²) in [6.07, 6.45) is 8.82. The van der Waals surface area contributed by atoms with Gasteiger partial charge < -0.3 is 9.72 Å². The van der Waals surface area contributed by atoms with Crippen LogP contribution in [0.4, 0.5) is 0 Å². The van der Waals surface area contributed by atoms with E-state index in [-0.39, 0.29) is 11.6 Å². The van der Waals surface area contributed by atoms with Gasteiger partial charge in [0.05, 0.1) is 13.2 Å². The zero-order valence-electron chi connectivity index (χ0n) is 22.1. The van der Waals surface area contributed by atoms with Gasteiger partial charge in [-0.05, 0) is 84.8 Å². The Hall–Kier alpha value is -3.52. The van der Waals surface area contributed by atoms with Crippen molar-refractivity contribution >= 4 is 10.9 Å². The molecule has 0 radical (unpaired) electrons. The molecular formula is C30H36N6O2. The van der Waals surface area contributed by atoms with Gasteiger partial charge >= 0.3 is 0 Å². The van der Waals surface area contributed by atoms with Gasteiger partial charge in [0.15, 0.2) is 5.82 Å². The number of piperidine rings is 1. The lowest BCUT2D eigenvalue weighted by atomic mass is 9.69. The summed E-state index contributed by atoms with van der Waals surface area (Å²) in [5.41, 5.74) is 2.83. The molecule has 1 aliphatic carbocycles. The number of likely N-dealkylation sites (tertiary alicyclic amines) is 1. The Balaban J connectivity index is 1.45. The number of ether oxygens (including phenoxy) is 1. The zero-order valence-corrected chi connectivity index (χ0v) is 22.1. The minimum absolute atomic E-state index is 0.0933. The van der Waals surface area contributed by atoms with Crippen LogP contribution in [-0.2, 0) is 6.54 Å². The molecule has 6 rings (SSSR count). The Labute approximate surface area is 223 Å². The molecule has 0 unspecified atom stereocenters. The number of aromatic amines is 1. The van der Waals surface area contributed by atoms with E-state index >= 15 is 0 Å². The lowest BCUT2D eigenvalue weighted by Gasteiger charge is -2.47. The average molecular weight is 513 g/mol. The van der Waals surface area contributed by atoms with E-state index in [1.165, 1.54) is 38.5 Å². The highest BCUT2D eigenvalue weighted by Crippen LogP contribution is 2.45. The van der Waals surface area contributed by atoms with Crippen molar-refractivity contribution in [3.63, 3.8) is 0 Å². The monoisotopic (exact) mass is 512 g/mol. The Kier molecular flexibility index (Phi) is 6.98. The summed E-state index contributed by atoms with van der Waals surface area (Å²) in [7, 11) is 0. The summed E-state index contributed by atoms with van der Waals surface area (Å²) < 4.78 is 7.62. The van der Waals surface area contributed by atoms with Crippen LogP contribution in [0.5, 0.6) is 5.75 Å². The first-order chi connectivity index (χ1) is 18.6. The van der Waals surface area contributed by atoms with Gasteiger partial charge in [-0.15, -0.1) is 5.10 Å². The lowest BCUT2D eigenvalue weighted by Crippen LogP contribution is -2.47. The maximum absolute atomic E-state index is 13.7. The third-order valence-corrected chi connectivity index (χ3v) is 8.40. The molecule has 1 saturated heterocycles. The van der Waals surface area contributed by atoms with E-state index in [4.69, 9.17) is 4.74 Å². The fourth-order valence-electron chi connectivity index (χ4n) is 6.61. The Morgan fingerprint density at radius 1 is 1.03 bits per heavy atom. The molecule has 1 N–H and O–H groups in total. The van der Waals surface area contributed by atoms with Crippen molar-refractivity contribution in [1.82, 2.24) is 30.1 Å². The normalized spacial score (nSPS) is 18.6. The van der Waals surface area contributed by atoms with E-state index in [1.54, 1.807) is 0 Å². The molecule has 2 fully saturated rings. The van der Waals surface area contributed by atoms with Crippen LogP contribution in [0.1, 0.15) is 74.9 Å². The van der Waals surface area contributed by atoms with E-state index in [0.29, 0.717) is 30.0 Å².